The van der Waals surface area contributed by atoms with E-state index in [-0.39, 0.29) is 17.9 Å². The summed E-state index contributed by atoms with van der Waals surface area (Å²) in [6.45, 7) is 4.34. The van der Waals surface area contributed by atoms with Gasteiger partial charge in [0.25, 0.3) is 5.91 Å². The van der Waals surface area contributed by atoms with Crippen molar-refractivity contribution in [2.24, 2.45) is 11.8 Å². The standard InChI is InChI=1S/C33H35BrN4O5S/c1-19-16-35-33(44-19)36-14-12-21(18-36)43-27-11-10-26(34)25-13-15-37(31(40)23-8-4-5-9-24(23)32(41)42)29(28(25)27)38-17-20-6-2-3-7-22(20)30(38)39/h2-3,6-7,10-11,16,21,23-24,29H,4-5,8-9,12-15,17-18H2,1H3,(H,41,42). The van der Waals surface area contributed by atoms with E-state index in [0.29, 0.717) is 50.2 Å². The molecule has 3 aliphatic heterocycles. The van der Waals surface area contributed by atoms with Crippen molar-refractivity contribution in [1.29, 1.82) is 0 Å². The van der Waals surface area contributed by atoms with E-state index in [1.165, 1.54) is 4.88 Å². The van der Waals surface area contributed by atoms with Gasteiger partial charge in [-0.15, -0.1) is 11.3 Å². The summed E-state index contributed by atoms with van der Waals surface area (Å²) in [5, 5.41) is 11.0. The zero-order valence-electron chi connectivity index (χ0n) is 24.6. The topological polar surface area (TPSA) is 103 Å². The fourth-order valence-electron chi connectivity index (χ4n) is 7.40. The lowest BCUT2D eigenvalue weighted by molar-refractivity contribution is -0.155. The summed E-state index contributed by atoms with van der Waals surface area (Å²) in [7, 11) is 0. The van der Waals surface area contributed by atoms with Crippen LogP contribution in [0.25, 0.3) is 0 Å². The fourth-order valence-corrected chi connectivity index (χ4v) is 8.74. The minimum absolute atomic E-state index is 0.0857. The number of carboxylic acid groups (broad SMARTS) is 1. The van der Waals surface area contributed by atoms with Gasteiger partial charge in [-0.05, 0) is 55.5 Å². The number of aromatic nitrogens is 1. The lowest BCUT2D eigenvalue weighted by Crippen LogP contribution is -2.52. The molecule has 2 aromatic carbocycles. The van der Waals surface area contributed by atoms with Crippen LogP contribution in [0.4, 0.5) is 5.13 Å². The molecule has 4 atom stereocenters. The SMILES string of the molecule is Cc1cnc(N2CCC(Oc3ccc(Br)c4c3C(N3Cc5ccccc5C3=O)N(C(=O)C3CCCCC3C(=O)O)CC4)C2)s1. The largest absolute Gasteiger partial charge is 0.488 e. The second-order valence-electron chi connectivity index (χ2n) is 12.2. The third-order valence-electron chi connectivity index (χ3n) is 9.56. The molecule has 3 aromatic rings. The number of fused-ring (bicyclic) bond motifs is 2. The number of rotatable bonds is 6. The van der Waals surface area contributed by atoms with E-state index in [0.717, 1.165) is 52.1 Å². The molecule has 0 spiro atoms. The van der Waals surface area contributed by atoms with Crippen molar-refractivity contribution in [3.8, 4) is 5.75 Å². The van der Waals surface area contributed by atoms with E-state index in [1.807, 2.05) is 42.6 Å². The number of carbonyl (C=O) groups is 3. The summed E-state index contributed by atoms with van der Waals surface area (Å²) in [6.07, 6.45) is 5.14. The van der Waals surface area contributed by atoms with Crippen molar-refractivity contribution in [3.05, 3.63) is 74.2 Å². The predicted octanol–water partition coefficient (Wildman–Crippen LogP) is 5.80. The number of aliphatic carboxylic acids is 1. The van der Waals surface area contributed by atoms with Gasteiger partial charge in [-0.3, -0.25) is 14.4 Å². The molecule has 4 aliphatic rings. The molecule has 0 bridgehead atoms. The Hall–Kier alpha value is -3.44. The number of hydrogen-bond donors (Lipinski definition) is 1. The van der Waals surface area contributed by atoms with Crippen LogP contribution >= 0.6 is 27.3 Å². The Balaban J connectivity index is 1.27. The Kier molecular flexibility index (Phi) is 7.86. The molecule has 7 rings (SSSR count). The van der Waals surface area contributed by atoms with Crippen molar-refractivity contribution in [2.45, 2.75) is 64.3 Å². The lowest BCUT2D eigenvalue weighted by atomic mass is 9.78. The maximum Gasteiger partial charge on any atom is 0.307 e. The molecule has 9 nitrogen and oxygen atoms in total. The number of benzene rings is 2. The third kappa shape index (κ3) is 5.17. The molecule has 230 valence electrons. The minimum Gasteiger partial charge on any atom is -0.488 e. The maximum absolute atomic E-state index is 14.4. The number of carboxylic acids is 1. The monoisotopic (exact) mass is 678 g/mol. The summed E-state index contributed by atoms with van der Waals surface area (Å²) in [6, 6.07) is 11.5. The predicted molar refractivity (Wildman–Crippen MR) is 170 cm³/mol. The summed E-state index contributed by atoms with van der Waals surface area (Å²) in [5.74, 6) is -1.92. The van der Waals surface area contributed by atoms with Gasteiger partial charge >= 0.3 is 5.97 Å². The number of carbonyl (C=O) groups excluding carboxylic acids is 2. The average Bonchev–Trinajstić information content (AvgIpc) is 3.76. The summed E-state index contributed by atoms with van der Waals surface area (Å²) in [5.41, 5.74) is 3.38. The van der Waals surface area contributed by atoms with Gasteiger partial charge in [0.15, 0.2) is 5.13 Å². The van der Waals surface area contributed by atoms with Crippen LogP contribution in [-0.2, 0) is 22.6 Å². The number of anilines is 1. The highest BCUT2D eigenvalue weighted by molar-refractivity contribution is 9.10. The molecule has 11 heteroatoms. The first-order valence-corrected chi connectivity index (χ1v) is 17.0. The smallest absolute Gasteiger partial charge is 0.307 e. The van der Waals surface area contributed by atoms with Gasteiger partial charge in [0.05, 0.1) is 18.4 Å². The first kappa shape index (κ1) is 29.3. The van der Waals surface area contributed by atoms with Gasteiger partial charge in [0, 0.05) is 52.7 Å². The molecule has 1 aromatic heterocycles. The van der Waals surface area contributed by atoms with E-state index in [9.17, 15) is 19.5 Å². The molecule has 2 amide bonds. The van der Waals surface area contributed by atoms with Crippen molar-refractivity contribution in [1.82, 2.24) is 14.8 Å². The van der Waals surface area contributed by atoms with Crippen LogP contribution in [0.1, 0.15) is 70.2 Å². The molecule has 4 heterocycles. The second-order valence-corrected chi connectivity index (χ2v) is 14.3. The molecule has 4 unspecified atom stereocenters. The summed E-state index contributed by atoms with van der Waals surface area (Å²) < 4.78 is 7.68. The molecular weight excluding hydrogens is 644 g/mol. The molecule has 1 N–H and O–H groups in total. The number of aryl methyl sites for hydroxylation is 1. The molecule has 1 aliphatic carbocycles. The van der Waals surface area contributed by atoms with Gasteiger partial charge in [-0.2, -0.15) is 0 Å². The van der Waals surface area contributed by atoms with E-state index in [2.05, 4.69) is 32.7 Å². The quantitative estimate of drug-likeness (QED) is 0.351. The minimum atomic E-state index is -0.922. The van der Waals surface area contributed by atoms with E-state index in [4.69, 9.17) is 4.74 Å². The highest BCUT2D eigenvalue weighted by atomic mass is 79.9. The molecule has 1 saturated heterocycles. The molecule has 44 heavy (non-hydrogen) atoms. The third-order valence-corrected chi connectivity index (χ3v) is 11.3. The number of nitrogens with zero attached hydrogens (tertiary/aromatic N) is 4. The number of amides is 2. The highest BCUT2D eigenvalue weighted by Gasteiger charge is 2.47. The van der Waals surface area contributed by atoms with Crippen LogP contribution in [-0.4, -0.2) is 63.4 Å². The first-order chi connectivity index (χ1) is 21.3. The Morgan fingerprint density at radius 1 is 1.07 bits per heavy atom. The van der Waals surface area contributed by atoms with E-state index >= 15 is 0 Å². The van der Waals surface area contributed by atoms with Crippen LogP contribution < -0.4 is 9.64 Å². The lowest BCUT2D eigenvalue weighted by Gasteiger charge is -2.45. The van der Waals surface area contributed by atoms with E-state index in [1.54, 1.807) is 21.1 Å². The van der Waals surface area contributed by atoms with Crippen LogP contribution in [0.5, 0.6) is 5.75 Å². The Labute approximate surface area is 268 Å². The fraction of sp³-hybridized carbons (Fsp3) is 0.455. The number of hydrogen-bond acceptors (Lipinski definition) is 7. The highest BCUT2D eigenvalue weighted by Crippen LogP contribution is 2.46. The zero-order chi connectivity index (χ0) is 30.5. The average molecular weight is 680 g/mol. The summed E-state index contributed by atoms with van der Waals surface area (Å²) in [4.78, 5) is 52.2. The van der Waals surface area contributed by atoms with Crippen LogP contribution in [0.3, 0.4) is 0 Å². The van der Waals surface area contributed by atoms with Gasteiger partial charge in [0.2, 0.25) is 5.91 Å². The first-order valence-electron chi connectivity index (χ1n) is 15.4. The Morgan fingerprint density at radius 2 is 1.86 bits per heavy atom. The number of ether oxygens (including phenoxy) is 1. The van der Waals surface area contributed by atoms with Crippen LogP contribution in [0, 0.1) is 18.8 Å². The van der Waals surface area contributed by atoms with Crippen LogP contribution in [0.2, 0.25) is 0 Å². The number of halogens is 1. The van der Waals surface area contributed by atoms with Gasteiger partial charge in [0.1, 0.15) is 18.0 Å². The van der Waals surface area contributed by atoms with Crippen molar-refractivity contribution >= 4 is 50.2 Å². The Morgan fingerprint density at radius 3 is 2.61 bits per heavy atom. The van der Waals surface area contributed by atoms with Crippen LogP contribution in [0.15, 0.2) is 47.1 Å². The second kappa shape index (κ2) is 11.8. The normalized spacial score (nSPS) is 24.8. The molecule has 1 saturated carbocycles. The van der Waals surface area contributed by atoms with Gasteiger partial charge in [-0.1, -0.05) is 47.0 Å². The molecule has 2 fully saturated rings. The van der Waals surface area contributed by atoms with Crippen molar-refractivity contribution in [2.75, 3.05) is 24.5 Å². The Bertz CT molecular complexity index is 1630. The van der Waals surface area contributed by atoms with Crippen molar-refractivity contribution in [3.63, 3.8) is 0 Å². The zero-order valence-corrected chi connectivity index (χ0v) is 27.0. The van der Waals surface area contributed by atoms with E-state index < -0.39 is 24.0 Å². The van der Waals surface area contributed by atoms with Gasteiger partial charge in [-0.25, -0.2) is 4.98 Å². The maximum atomic E-state index is 14.4. The molecule has 0 radical (unpaired) electrons. The number of thiazole rings is 1. The van der Waals surface area contributed by atoms with Crippen molar-refractivity contribution < 1.29 is 24.2 Å². The van der Waals surface area contributed by atoms with Gasteiger partial charge < -0.3 is 24.5 Å². The molecular formula is C33H35BrN4O5S. The summed E-state index contributed by atoms with van der Waals surface area (Å²) >= 11 is 5.43.